The molecule has 1 rings (SSSR count). The Balaban J connectivity index is 2.71. The molecule has 0 bridgehead atoms. The summed E-state index contributed by atoms with van der Waals surface area (Å²) in [6.07, 6.45) is -5.31. The van der Waals surface area contributed by atoms with Crippen molar-refractivity contribution in [2.24, 2.45) is 0 Å². The fraction of sp³-hybridized carbons (Fsp3) is 0.300. The van der Waals surface area contributed by atoms with Crippen molar-refractivity contribution in [3.8, 4) is 0 Å². The second-order valence-corrected chi connectivity index (χ2v) is 3.08. The van der Waals surface area contributed by atoms with Crippen LogP contribution in [-0.4, -0.2) is 12.0 Å². The topological polar surface area (TPSA) is 17.1 Å². The Morgan fingerprint density at radius 1 is 1.21 bits per heavy atom. The Kier molecular flexibility index (Phi) is 2.93. The van der Waals surface area contributed by atoms with E-state index < -0.39 is 18.4 Å². The summed E-state index contributed by atoms with van der Waals surface area (Å²) in [5.74, 6) is -1.71. The van der Waals surface area contributed by atoms with Gasteiger partial charge in [-0.05, 0) is 12.5 Å². The molecule has 1 aromatic carbocycles. The summed E-state index contributed by atoms with van der Waals surface area (Å²) in [6.45, 7) is 1.83. The molecule has 1 nitrogen and oxygen atoms in total. The lowest BCUT2D eigenvalue weighted by atomic mass is 10.1. The smallest absolute Gasteiger partial charge is 0.289 e. The lowest BCUT2D eigenvalue weighted by Gasteiger charge is -2.04. The van der Waals surface area contributed by atoms with Gasteiger partial charge in [-0.3, -0.25) is 4.79 Å². The SMILES string of the molecule is Cc1ccc(CC(=O)C(F)(F)F)cc1. The lowest BCUT2D eigenvalue weighted by molar-refractivity contribution is -0.170. The third kappa shape index (κ3) is 2.87. The first-order chi connectivity index (χ1) is 6.39. The molecular weight excluding hydrogens is 193 g/mol. The van der Waals surface area contributed by atoms with Crippen molar-refractivity contribution in [2.45, 2.75) is 19.5 Å². The van der Waals surface area contributed by atoms with Crippen molar-refractivity contribution in [1.82, 2.24) is 0 Å². The zero-order chi connectivity index (χ0) is 10.8. The van der Waals surface area contributed by atoms with E-state index in [4.69, 9.17) is 0 Å². The Morgan fingerprint density at radius 3 is 2.14 bits per heavy atom. The molecule has 0 aliphatic rings. The van der Waals surface area contributed by atoms with Gasteiger partial charge in [0.2, 0.25) is 5.78 Å². The van der Waals surface area contributed by atoms with Gasteiger partial charge in [-0.25, -0.2) is 0 Å². The standard InChI is InChI=1S/C10H9F3O/c1-7-2-4-8(5-3-7)6-9(14)10(11,12)13/h2-5H,6H2,1H3. The quantitative estimate of drug-likeness (QED) is 0.720. The van der Waals surface area contributed by atoms with Crippen LogP contribution in [0.1, 0.15) is 11.1 Å². The van der Waals surface area contributed by atoms with Crippen molar-refractivity contribution >= 4 is 5.78 Å². The number of Topliss-reactive ketones (excluding diaryl/α,β-unsaturated/α-hetero) is 1. The Morgan fingerprint density at radius 2 is 1.71 bits per heavy atom. The normalized spacial score (nSPS) is 11.4. The maximum Gasteiger partial charge on any atom is 0.450 e. The molecule has 76 valence electrons. The fourth-order valence-electron chi connectivity index (χ4n) is 0.992. The number of ketones is 1. The summed E-state index contributed by atoms with van der Waals surface area (Å²) in [6, 6.07) is 6.41. The van der Waals surface area contributed by atoms with Gasteiger partial charge in [0, 0.05) is 6.42 Å². The summed E-state index contributed by atoms with van der Waals surface area (Å²) < 4.78 is 35.6. The minimum atomic E-state index is -4.73. The first-order valence-corrected chi connectivity index (χ1v) is 4.05. The highest BCUT2D eigenvalue weighted by atomic mass is 19.4. The van der Waals surface area contributed by atoms with Crippen molar-refractivity contribution in [3.05, 3.63) is 35.4 Å². The molecule has 0 heterocycles. The molecule has 0 saturated carbocycles. The van der Waals surface area contributed by atoms with Crippen LogP contribution in [0.4, 0.5) is 13.2 Å². The van der Waals surface area contributed by atoms with Crippen LogP contribution in [-0.2, 0) is 11.2 Å². The number of hydrogen-bond donors (Lipinski definition) is 0. The van der Waals surface area contributed by atoms with Crippen molar-refractivity contribution < 1.29 is 18.0 Å². The van der Waals surface area contributed by atoms with E-state index in [1.54, 1.807) is 12.1 Å². The van der Waals surface area contributed by atoms with Gasteiger partial charge in [-0.1, -0.05) is 29.8 Å². The van der Waals surface area contributed by atoms with Crippen molar-refractivity contribution in [3.63, 3.8) is 0 Å². The third-order valence-corrected chi connectivity index (χ3v) is 1.80. The first-order valence-electron chi connectivity index (χ1n) is 4.05. The molecule has 0 amide bonds. The lowest BCUT2D eigenvalue weighted by Crippen LogP contribution is -2.24. The van der Waals surface area contributed by atoms with Crippen LogP contribution in [0.2, 0.25) is 0 Å². The molecule has 0 fully saturated rings. The summed E-state index contributed by atoms with van der Waals surface area (Å²) >= 11 is 0. The molecule has 14 heavy (non-hydrogen) atoms. The van der Waals surface area contributed by atoms with E-state index in [0.717, 1.165) is 5.56 Å². The Bertz CT molecular complexity index is 324. The molecule has 0 aliphatic carbocycles. The Hall–Kier alpha value is -1.32. The number of halogens is 3. The minimum Gasteiger partial charge on any atom is -0.289 e. The van der Waals surface area contributed by atoms with Crippen LogP contribution in [0.25, 0.3) is 0 Å². The van der Waals surface area contributed by atoms with E-state index in [1.807, 2.05) is 6.92 Å². The zero-order valence-electron chi connectivity index (χ0n) is 7.56. The van der Waals surface area contributed by atoms with Crippen LogP contribution < -0.4 is 0 Å². The van der Waals surface area contributed by atoms with Crippen molar-refractivity contribution in [2.75, 3.05) is 0 Å². The maximum atomic E-state index is 11.9. The number of hydrogen-bond acceptors (Lipinski definition) is 1. The molecule has 0 radical (unpaired) electrons. The summed E-state index contributed by atoms with van der Waals surface area (Å²) in [7, 11) is 0. The number of carbonyl (C=O) groups is 1. The maximum absolute atomic E-state index is 11.9. The van der Waals surface area contributed by atoms with Crippen LogP contribution in [0, 0.1) is 6.92 Å². The van der Waals surface area contributed by atoms with Gasteiger partial charge < -0.3 is 0 Å². The Labute approximate surface area is 79.5 Å². The van der Waals surface area contributed by atoms with Gasteiger partial charge in [-0.15, -0.1) is 0 Å². The minimum absolute atomic E-state index is 0.387. The average Bonchev–Trinajstić information content (AvgIpc) is 2.07. The molecule has 0 N–H and O–H groups in total. The van der Waals surface area contributed by atoms with Gasteiger partial charge in [0.25, 0.3) is 0 Å². The summed E-state index contributed by atoms with van der Waals surface area (Å²) in [4.78, 5) is 10.6. The second-order valence-electron chi connectivity index (χ2n) is 3.08. The van der Waals surface area contributed by atoms with Gasteiger partial charge in [0.1, 0.15) is 0 Å². The molecule has 0 atom stereocenters. The molecule has 0 aromatic heterocycles. The van der Waals surface area contributed by atoms with Gasteiger partial charge in [0.05, 0.1) is 0 Å². The van der Waals surface area contributed by atoms with Gasteiger partial charge in [-0.2, -0.15) is 13.2 Å². The predicted octanol–water partition coefficient (Wildman–Crippen LogP) is 2.67. The molecule has 0 spiro atoms. The zero-order valence-corrected chi connectivity index (χ0v) is 7.56. The van der Waals surface area contributed by atoms with E-state index >= 15 is 0 Å². The number of benzene rings is 1. The fourth-order valence-corrected chi connectivity index (χ4v) is 0.992. The highest BCUT2D eigenvalue weighted by Gasteiger charge is 2.37. The summed E-state index contributed by atoms with van der Waals surface area (Å²) in [5, 5.41) is 0. The van der Waals surface area contributed by atoms with E-state index in [0.29, 0.717) is 5.56 Å². The number of aryl methyl sites for hydroxylation is 1. The van der Waals surface area contributed by atoms with Crippen LogP contribution in [0.5, 0.6) is 0 Å². The third-order valence-electron chi connectivity index (χ3n) is 1.80. The van der Waals surface area contributed by atoms with Gasteiger partial charge in [0.15, 0.2) is 0 Å². The molecule has 0 unspecified atom stereocenters. The van der Waals surface area contributed by atoms with Crippen LogP contribution >= 0.6 is 0 Å². The van der Waals surface area contributed by atoms with E-state index in [-0.39, 0.29) is 0 Å². The van der Waals surface area contributed by atoms with E-state index in [9.17, 15) is 18.0 Å². The molecule has 4 heteroatoms. The number of carbonyl (C=O) groups excluding carboxylic acids is 1. The highest BCUT2D eigenvalue weighted by molar-refractivity contribution is 5.86. The monoisotopic (exact) mass is 202 g/mol. The van der Waals surface area contributed by atoms with Gasteiger partial charge >= 0.3 is 6.18 Å². The molecule has 0 aliphatic heterocycles. The largest absolute Gasteiger partial charge is 0.450 e. The van der Waals surface area contributed by atoms with Crippen LogP contribution in [0.15, 0.2) is 24.3 Å². The molecular formula is C10H9F3O. The number of rotatable bonds is 2. The average molecular weight is 202 g/mol. The van der Waals surface area contributed by atoms with Crippen molar-refractivity contribution in [1.29, 1.82) is 0 Å². The first kappa shape index (κ1) is 10.8. The second kappa shape index (κ2) is 3.82. The molecule has 0 saturated heterocycles. The van der Waals surface area contributed by atoms with E-state index in [2.05, 4.69) is 0 Å². The molecule has 1 aromatic rings. The highest BCUT2D eigenvalue weighted by Crippen LogP contribution is 2.18. The predicted molar refractivity (Wildman–Crippen MR) is 45.9 cm³/mol. The van der Waals surface area contributed by atoms with E-state index in [1.165, 1.54) is 12.1 Å². The summed E-state index contributed by atoms with van der Waals surface area (Å²) in [5.41, 5.74) is 1.34. The number of alkyl halides is 3. The van der Waals surface area contributed by atoms with Crippen LogP contribution in [0.3, 0.4) is 0 Å².